The van der Waals surface area contributed by atoms with Gasteiger partial charge < -0.3 is 5.11 Å². The molecule has 1 aliphatic rings. The largest absolute Gasteiger partial charge is 0.481 e. The summed E-state index contributed by atoms with van der Waals surface area (Å²) in [5, 5.41) is 14.4. The summed E-state index contributed by atoms with van der Waals surface area (Å²) in [6.07, 6.45) is 0.499. The lowest BCUT2D eigenvalue weighted by Crippen LogP contribution is -2.28. The van der Waals surface area contributed by atoms with Gasteiger partial charge in [0.25, 0.3) is 0 Å². The minimum Gasteiger partial charge on any atom is -0.481 e. The summed E-state index contributed by atoms with van der Waals surface area (Å²) in [6, 6.07) is 9.67. The molecule has 1 aliphatic heterocycles. The van der Waals surface area contributed by atoms with Crippen LogP contribution in [0, 0.1) is 5.82 Å². The van der Waals surface area contributed by atoms with Crippen molar-refractivity contribution in [3.05, 3.63) is 64.4 Å². The molecule has 0 aliphatic carbocycles. The van der Waals surface area contributed by atoms with Gasteiger partial charge in [-0.2, -0.15) is 5.10 Å². The summed E-state index contributed by atoms with van der Waals surface area (Å²) in [4.78, 5) is 23.5. The van der Waals surface area contributed by atoms with Gasteiger partial charge in [0.15, 0.2) is 0 Å². The number of hydrogen-bond donors (Lipinski definition) is 2. The molecule has 3 rings (SSSR count). The quantitative estimate of drug-likeness (QED) is 0.647. The Morgan fingerprint density at radius 3 is 2.48 bits per heavy atom. The van der Waals surface area contributed by atoms with Crippen LogP contribution in [0.4, 0.5) is 10.1 Å². The first-order valence-electron chi connectivity index (χ1n) is 9.18. The molecule has 0 saturated carbocycles. The van der Waals surface area contributed by atoms with E-state index in [-0.39, 0.29) is 29.8 Å². The third-order valence-corrected chi connectivity index (χ3v) is 5.51. The van der Waals surface area contributed by atoms with Crippen molar-refractivity contribution in [1.82, 2.24) is 5.01 Å². The van der Waals surface area contributed by atoms with E-state index in [4.69, 9.17) is 16.7 Å². The molecular formula is C20H19ClFN3O5S. The van der Waals surface area contributed by atoms with E-state index in [9.17, 15) is 22.4 Å². The van der Waals surface area contributed by atoms with E-state index < -0.39 is 33.8 Å². The monoisotopic (exact) mass is 467 g/mol. The van der Waals surface area contributed by atoms with E-state index in [0.29, 0.717) is 17.0 Å². The smallest absolute Gasteiger partial charge is 0.303 e. The topological polar surface area (TPSA) is 116 Å². The standard InChI is InChI=1S/C20H19ClFN3O5S/c1-31(29,30)24-13-7-5-12(6-8-13)16-11-17(20-14(21)3-2-4-15(20)22)25(23-16)18(26)9-10-19(27)28/h2-8,17,24H,9-11H2,1H3,(H,27,28)/t17-/m1/s1. The first kappa shape index (κ1) is 22.7. The van der Waals surface area contributed by atoms with E-state index in [1.165, 1.54) is 18.2 Å². The van der Waals surface area contributed by atoms with Crippen LogP contribution < -0.4 is 4.72 Å². The highest BCUT2D eigenvalue weighted by Gasteiger charge is 2.35. The van der Waals surface area contributed by atoms with Gasteiger partial charge in [-0.05, 0) is 29.8 Å². The molecule has 0 unspecified atom stereocenters. The molecule has 2 aromatic carbocycles. The highest BCUT2D eigenvalue weighted by molar-refractivity contribution is 7.92. The molecule has 0 saturated heterocycles. The number of carboxylic acid groups (broad SMARTS) is 1. The van der Waals surface area contributed by atoms with Crippen molar-refractivity contribution in [3.63, 3.8) is 0 Å². The van der Waals surface area contributed by atoms with E-state index >= 15 is 0 Å². The molecule has 31 heavy (non-hydrogen) atoms. The van der Waals surface area contributed by atoms with Crippen LogP contribution in [0.1, 0.15) is 36.4 Å². The molecule has 0 radical (unpaired) electrons. The van der Waals surface area contributed by atoms with Gasteiger partial charge in [-0.15, -0.1) is 0 Å². The van der Waals surface area contributed by atoms with Crippen LogP contribution in [0.25, 0.3) is 0 Å². The lowest BCUT2D eigenvalue weighted by Gasteiger charge is -2.23. The van der Waals surface area contributed by atoms with Gasteiger partial charge in [0.2, 0.25) is 15.9 Å². The Balaban J connectivity index is 1.93. The van der Waals surface area contributed by atoms with Gasteiger partial charge in [-0.3, -0.25) is 14.3 Å². The fourth-order valence-corrected chi connectivity index (χ4v) is 4.10. The van der Waals surface area contributed by atoms with Gasteiger partial charge in [0.05, 0.1) is 24.4 Å². The Hall–Kier alpha value is -2.98. The molecule has 0 spiro atoms. The van der Waals surface area contributed by atoms with E-state index in [1.807, 2.05) is 0 Å². The van der Waals surface area contributed by atoms with Crippen molar-refractivity contribution >= 4 is 44.9 Å². The summed E-state index contributed by atoms with van der Waals surface area (Å²) in [7, 11) is -3.43. The van der Waals surface area contributed by atoms with Crippen molar-refractivity contribution in [2.75, 3.05) is 11.0 Å². The summed E-state index contributed by atoms with van der Waals surface area (Å²) < 4.78 is 39.6. The first-order valence-corrected chi connectivity index (χ1v) is 11.5. The molecule has 164 valence electrons. The number of carboxylic acids is 1. The van der Waals surface area contributed by atoms with Gasteiger partial charge in [0, 0.05) is 29.1 Å². The third-order valence-electron chi connectivity index (χ3n) is 4.57. The number of hydrogen-bond acceptors (Lipinski definition) is 5. The van der Waals surface area contributed by atoms with Crippen molar-refractivity contribution in [2.45, 2.75) is 25.3 Å². The second-order valence-corrected chi connectivity index (χ2v) is 9.14. The van der Waals surface area contributed by atoms with Crippen LogP contribution in [-0.2, 0) is 19.6 Å². The number of sulfonamides is 1. The minimum atomic E-state index is -3.43. The van der Waals surface area contributed by atoms with Crippen LogP contribution in [0.5, 0.6) is 0 Å². The predicted octanol–water partition coefficient (Wildman–Crippen LogP) is 3.39. The summed E-state index contributed by atoms with van der Waals surface area (Å²) in [5.74, 6) is -2.30. The predicted molar refractivity (Wildman–Crippen MR) is 114 cm³/mol. The van der Waals surface area contributed by atoms with Gasteiger partial charge >= 0.3 is 5.97 Å². The lowest BCUT2D eigenvalue weighted by atomic mass is 9.97. The van der Waals surface area contributed by atoms with Crippen LogP contribution in [0.2, 0.25) is 5.02 Å². The second kappa shape index (κ2) is 9.03. The van der Waals surface area contributed by atoms with Crippen LogP contribution in [-0.4, -0.2) is 42.4 Å². The Morgan fingerprint density at radius 1 is 1.23 bits per heavy atom. The maximum Gasteiger partial charge on any atom is 0.303 e. The van der Waals surface area contributed by atoms with Gasteiger partial charge in [-0.1, -0.05) is 29.8 Å². The van der Waals surface area contributed by atoms with Crippen LogP contribution in [0.15, 0.2) is 47.6 Å². The fraction of sp³-hybridized carbons (Fsp3) is 0.250. The molecule has 2 N–H and O–H groups in total. The Kier molecular flexibility index (Phi) is 6.61. The number of carbonyl (C=O) groups excluding carboxylic acids is 1. The molecule has 1 atom stereocenters. The third kappa shape index (κ3) is 5.59. The van der Waals surface area contributed by atoms with Crippen molar-refractivity contribution in [1.29, 1.82) is 0 Å². The number of nitrogens with zero attached hydrogens (tertiary/aromatic N) is 2. The number of hydrazone groups is 1. The Morgan fingerprint density at radius 2 is 1.90 bits per heavy atom. The fourth-order valence-electron chi connectivity index (χ4n) is 3.24. The minimum absolute atomic E-state index is 0.0990. The van der Waals surface area contributed by atoms with Crippen molar-refractivity contribution in [2.24, 2.45) is 5.10 Å². The van der Waals surface area contributed by atoms with E-state index in [0.717, 1.165) is 11.3 Å². The molecular weight excluding hydrogens is 449 g/mol. The first-order chi connectivity index (χ1) is 14.5. The SMILES string of the molecule is CS(=O)(=O)Nc1ccc(C2=NN(C(=O)CCC(=O)O)[C@@H](c3c(F)cccc3Cl)C2)cc1. The highest BCUT2D eigenvalue weighted by atomic mass is 35.5. The number of halogens is 2. The summed E-state index contributed by atoms with van der Waals surface area (Å²) in [6.45, 7) is 0. The average molecular weight is 468 g/mol. The average Bonchev–Trinajstić information content (AvgIpc) is 3.10. The van der Waals surface area contributed by atoms with E-state index in [1.54, 1.807) is 24.3 Å². The number of rotatable bonds is 7. The van der Waals surface area contributed by atoms with Crippen LogP contribution in [0.3, 0.4) is 0 Å². The van der Waals surface area contributed by atoms with Crippen molar-refractivity contribution in [3.8, 4) is 0 Å². The zero-order valence-electron chi connectivity index (χ0n) is 16.4. The maximum absolute atomic E-state index is 14.6. The molecule has 0 aromatic heterocycles. The molecule has 2 aromatic rings. The molecule has 11 heteroatoms. The summed E-state index contributed by atoms with van der Waals surface area (Å²) in [5.41, 5.74) is 1.51. The number of carbonyl (C=O) groups is 2. The number of anilines is 1. The number of amides is 1. The lowest BCUT2D eigenvalue weighted by molar-refractivity contribution is -0.141. The number of nitrogens with one attached hydrogen (secondary N) is 1. The maximum atomic E-state index is 14.6. The number of benzene rings is 2. The zero-order chi connectivity index (χ0) is 22.8. The highest BCUT2D eigenvalue weighted by Crippen LogP contribution is 2.38. The molecule has 0 bridgehead atoms. The van der Waals surface area contributed by atoms with Crippen molar-refractivity contribution < 1.29 is 27.5 Å². The normalized spacial score (nSPS) is 16.2. The molecule has 0 fully saturated rings. The molecule has 1 heterocycles. The molecule has 1 amide bonds. The Labute approximate surface area is 183 Å². The van der Waals surface area contributed by atoms with Crippen LogP contribution >= 0.6 is 11.6 Å². The zero-order valence-corrected chi connectivity index (χ0v) is 18.0. The number of aliphatic carboxylic acids is 1. The molecule has 8 nitrogen and oxygen atoms in total. The van der Waals surface area contributed by atoms with Gasteiger partial charge in [-0.25, -0.2) is 17.8 Å². The summed E-state index contributed by atoms with van der Waals surface area (Å²) >= 11 is 6.19. The van der Waals surface area contributed by atoms with E-state index in [2.05, 4.69) is 9.82 Å². The second-order valence-electron chi connectivity index (χ2n) is 6.99. The Bertz CT molecular complexity index is 1130. The van der Waals surface area contributed by atoms with Gasteiger partial charge in [0.1, 0.15) is 5.82 Å².